The van der Waals surface area contributed by atoms with Gasteiger partial charge in [0.2, 0.25) is 5.91 Å². The molecule has 8 heteroatoms. The summed E-state index contributed by atoms with van der Waals surface area (Å²) in [6.45, 7) is 0.961. The molecule has 17 heavy (non-hydrogen) atoms. The molecule has 0 aliphatic carbocycles. The van der Waals surface area contributed by atoms with Crippen LogP contribution in [0, 0.1) is 0 Å². The van der Waals surface area contributed by atoms with Crippen molar-refractivity contribution in [3.8, 4) is 0 Å². The van der Waals surface area contributed by atoms with Crippen LogP contribution in [0.5, 0.6) is 0 Å². The summed E-state index contributed by atoms with van der Waals surface area (Å²) in [5, 5.41) is 9.75. The number of aryl methyl sites for hydroxylation is 2. The molecule has 94 valence electrons. The summed E-state index contributed by atoms with van der Waals surface area (Å²) in [5.41, 5.74) is 11.0. The maximum absolute atomic E-state index is 11.1. The highest BCUT2D eigenvalue weighted by Crippen LogP contribution is 1.98. The second-order valence-electron chi connectivity index (χ2n) is 3.53. The number of urea groups is 1. The van der Waals surface area contributed by atoms with Crippen molar-refractivity contribution in [2.45, 2.75) is 25.8 Å². The quantitative estimate of drug-likeness (QED) is 0.572. The molecule has 5 N–H and O–H groups in total. The van der Waals surface area contributed by atoms with Gasteiger partial charge in [-0.2, -0.15) is 0 Å². The number of carbonyl (C=O) groups excluding carboxylic acids is 2. The molecule has 8 nitrogen and oxygen atoms in total. The standard InChI is InChI=1S/C9H16N6O2/c10-4-1-2-7-6-15(14-13-7)5-3-8(16)12-9(11)17/h6H,1-5,10H2,(H3,11,12,16,17). The van der Waals surface area contributed by atoms with Crippen LogP contribution in [0.2, 0.25) is 0 Å². The summed E-state index contributed by atoms with van der Waals surface area (Å²) in [6.07, 6.45) is 3.50. The van der Waals surface area contributed by atoms with E-state index >= 15 is 0 Å². The number of aromatic nitrogens is 3. The van der Waals surface area contributed by atoms with Crippen LogP contribution in [0.4, 0.5) is 4.79 Å². The zero-order valence-electron chi connectivity index (χ0n) is 9.43. The van der Waals surface area contributed by atoms with Crippen molar-refractivity contribution in [2.75, 3.05) is 6.54 Å². The second-order valence-corrected chi connectivity index (χ2v) is 3.53. The van der Waals surface area contributed by atoms with Crippen LogP contribution in [-0.2, 0) is 17.8 Å². The summed E-state index contributed by atoms with van der Waals surface area (Å²) >= 11 is 0. The van der Waals surface area contributed by atoms with Gasteiger partial charge in [-0.1, -0.05) is 5.21 Å². The van der Waals surface area contributed by atoms with Crippen LogP contribution in [0.15, 0.2) is 6.20 Å². The van der Waals surface area contributed by atoms with Gasteiger partial charge in [0.05, 0.1) is 12.2 Å². The molecule has 0 unspecified atom stereocenters. The Kier molecular flexibility index (Phi) is 5.08. The van der Waals surface area contributed by atoms with E-state index in [0.717, 1.165) is 18.5 Å². The Labute approximate surface area is 98.3 Å². The minimum atomic E-state index is -0.850. The predicted octanol–water partition coefficient (Wildman–Crippen LogP) is -1.25. The molecule has 0 saturated heterocycles. The first-order valence-corrected chi connectivity index (χ1v) is 5.30. The van der Waals surface area contributed by atoms with Crippen molar-refractivity contribution >= 4 is 11.9 Å². The third-order valence-corrected chi connectivity index (χ3v) is 2.05. The fraction of sp³-hybridized carbons (Fsp3) is 0.556. The van der Waals surface area contributed by atoms with Crippen molar-refractivity contribution in [1.82, 2.24) is 20.3 Å². The lowest BCUT2D eigenvalue weighted by Crippen LogP contribution is -2.35. The predicted molar refractivity (Wildman–Crippen MR) is 59.7 cm³/mol. The maximum atomic E-state index is 11.1. The van der Waals surface area contributed by atoms with Gasteiger partial charge in [-0.3, -0.25) is 14.8 Å². The number of carbonyl (C=O) groups is 2. The van der Waals surface area contributed by atoms with Crippen molar-refractivity contribution in [1.29, 1.82) is 0 Å². The molecule has 1 aromatic rings. The lowest BCUT2D eigenvalue weighted by atomic mass is 10.2. The molecule has 0 saturated carbocycles. The molecule has 0 aliphatic heterocycles. The van der Waals surface area contributed by atoms with Gasteiger partial charge in [-0.25, -0.2) is 4.79 Å². The zero-order chi connectivity index (χ0) is 12.7. The largest absolute Gasteiger partial charge is 0.351 e. The number of hydrogen-bond acceptors (Lipinski definition) is 5. The fourth-order valence-corrected chi connectivity index (χ4v) is 1.26. The Hall–Kier alpha value is -1.96. The molecule has 0 fully saturated rings. The Morgan fingerprint density at radius 3 is 2.88 bits per heavy atom. The fourth-order valence-electron chi connectivity index (χ4n) is 1.26. The third-order valence-electron chi connectivity index (χ3n) is 2.05. The molecule has 0 radical (unpaired) electrons. The summed E-state index contributed by atoms with van der Waals surface area (Å²) in [4.78, 5) is 21.5. The maximum Gasteiger partial charge on any atom is 0.318 e. The summed E-state index contributed by atoms with van der Waals surface area (Å²) in [7, 11) is 0. The van der Waals surface area contributed by atoms with Gasteiger partial charge >= 0.3 is 6.03 Å². The molecular weight excluding hydrogens is 224 g/mol. The highest BCUT2D eigenvalue weighted by atomic mass is 16.2. The molecule has 1 heterocycles. The number of nitrogens with two attached hydrogens (primary N) is 2. The molecule has 3 amide bonds. The zero-order valence-corrected chi connectivity index (χ0v) is 9.43. The van der Waals surface area contributed by atoms with Crippen molar-refractivity contribution in [2.24, 2.45) is 11.5 Å². The molecule has 1 rings (SSSR count). The number of imide groups is 1. The molecule has 0 bridgehead atoms. The van der Waals surface area contributed by atoms with E-state index in [2.05, 4.69) is 10.3 Å². The molecule has 0 atom stereocenters. The van der Waals surface area contributed by atoms with Gasteiger partial charge in [0.25, 0.3) is 0 Å². The molecule has 1 aromatic heterocycles. The van der Waals surface area contributed by atoms with Crippen LogP contribution < -0.4 is 16.8 Å². The SMILES string of the molecule is NCCCc1cn(CCC(=O)NC(N)=O)nn1. The second kappa shape index (κ2) is 6.59. The average Bonchev–Trinajstić information content (AvgIpc) is 2.70. The van der Waals surface area contributed by atoms with E-state index in [-0.39, 0.29) is 6.42 Å². The van der Waals surface area contributed by atoms with Crippen molar-refractivity contribution in [3.05, 3.63) is 11.9 Å². The first kappa shape index (κ1) is 13.1. The van der Waals surface area contributed by atoms with E-state index in [1.54, 1.807) is 10.9 Å². The number of primary amides is 1. The smallest absolute Gasteiger partial charge is 0.318 e. The van der Waals surface area contributed by atoms with Gasteiger partial charge in [-0.05, 0) is 19.4 Å². The van der Waals surface area contributed by atoms with Crippen molar-refractivity contribution < 1.29 is 9.59 Å². The van der Waals surface area contributed by atoms with Gasteiger partial charge in [-0.15, -0.1) is 5.10 Å². The lowest BCUT2D eigenvalue weighted by molar-refractivity contribution is -0.120. The van der Waals surface area contributed by atoms with E-state index in [1.165, 1.54) is 0 Å². The summed E-state index contributed by atoms with van der Waals surface area (Å²) in [6, 6.07) is -0.850. The van der Waals surface area contributed by atoms with E-state index in [9.17, 15) is 9.59 Å². The topological polar surface area (TPSA) is 129 Å². The van der Waals surface area contributed by atoms with Gasteiger partial charge in [0.15, 0.2) is 0 Å². The normalized spacial score (nSPS) is 10.2. The minimum Gasteiger partial charge on any atom is -0.351 e. The minimum absolute atomic E-state index is 0.128. The number of nitrogens with zero attached hydrogens (tertiary/aromatic N) is 3. The number of hydrogen-bond donors (Lipinski definition) is 3. The van der Waals surface area contributed by atoms with Gasteiger partial charge in [0.1, 0.15) is 0 Å². The van der Waals surface area contributed by atoms with E-state index < -0.39 is 11.9 Å². The molecule has 0 aromatic carbocycles. The first-order chi connectivity index (χ1) is 8.11. The Morgan fingerprint density at radius 2 is 2.24 bits per heavy atom. The van der Waals surface area contributed by atoms with Gasteiger partial charge < -0.3 is 11.5 Å². The first-order valence-electron chi connectivity index (χ1n) is 5.30. The highest BCUT2D eigenvalue weighted by molar-refractivity contribution is 5.93. The van der Waals surface area contributed by atoms with Crippen LogP contribution in [0.25, 0.3) is 0 Å². The van der Waals surface area contributed by atoms with Crippen molar-refractivity contribution in [3.63, 3.8) is 0 Å². The molecule has 0 spiro atoms. The van der Waals surface area contributed by atoms with E-state index in [4.69, 9.17) is 11.5 Å². The van der Waals surface area contributed by atoms with Crippen LogP contribution in [0.1, 0.15) is 18.5 Å². The number of amides is 3. The monoisotopic (exact) mass is 240 g/mol. The Balaban J connectivity index is 2.34. The molecular formula is C9H16N6O2. The number of rotatable bonds is 6. The molecule has 0 aliphatic rings. The van der Waals surface area contributed by atoms with Crippen LogP contribution in [-0.4, -0.2) is 33.5 Å². The highest BCUT2D eigenvalue weighted by Gasteiger charge is 2.05. The average molecular weight is 240 g/mol. The van der Waals surface area contributed by atoms with E-state index in [0.29, 0.717) is 13.1 Å². The third kappa shape index (κ3) is 5.07. The summed E-state index contributed by atoms with van der Waals surface area (Å²) < 4.78 is 1.55. The van der Waals surface area contributed by atoms with Crippen LogP contribution >= 0.6 is 0 Å². The van der Waals surface area contributed by atoms with E-state index in [1.807, 2.05) is 5.32 Å². The Morgan fingerprint density at radius 1 is 1.47 bits per heavy atom. The summed E-state index contributed by atoms with van der Waals surface area (Å²) in [5.74, 6) is -0.434. The number of nitrogens with one attached hydrogen (secondary N) is 1. The van der Waals surface area contributed by atoms with Crippen LogP contribution in [0.3, 0.4) is 0 Å². The Bertz CT molecular complexity index is 389. The van der Waals surface area contributed by atoms with Gasteiger partial charge in [0, 0.05) is 12.6 Å². The lowest BCUT2D eigenvalue weighted by Gasteiger charge is -2.00.